The van der Waals surface area contributed by atoms with Crippen LogP contribution in [0.5, 0.6) is 11.5 Å². The van der Waals surface area contributed by atoms with Gasteiger partial charge in [-0.1, -0.05) is 11.6 Å². The zero-order valence-corrected chi connectivity index (χ0v) is 20.5. The molecule has 9 nitrogen and oxygen atoms in total. The van der Waals surface area contributed by atoms with Crippen LogP contribution >= 0.6 is 23.4 Å². The molecule has 2 saturated heterocycles. The molecule has 4 rings (SSSR count). The smallest absolute Gasteiger partial charge is 0.294 e. The van der Waals surface area contributed by atoms with Crippen LogP contribution in [0.1, 0.15) is 12.5 Å². The summed E-state index contributed by atoms with van der Waals surface area (Å²) in [6.07, 6.45) is 1.47. The van der Waals surface area contributed by atoms with Crippen molar-refractivity contribution in [2.24, 2.45) is 0 Å². The highest BCUT2D eigenvalue weighted by Crippen LogP contribution is 2.38. The number of benzene rings is 2. The number of hydrogen-bond acceptors (Lipinski definition) is 8. The summed E-state index contributed by atoms with van der Waals surface area (Å²) in [5.41, 5.74) is 2.08. The Morgan fingerprint density at radius 2 is 1.94 bits per heavy atom. The number of aromatic hydroxyl groups is 1. The summed E-state index contributed by atoms with van der Waals surface area (Å²) in [4.78, 5) is 41.0. The number of morpholine rings is 1. The number of halogens is 1. The Hall–Kier alpha value is -3.21. The molecule has 2 aliphatic rings. The molecule has 2 heterocycles. The summed E-state index contributed by atoms with van der Waals surface area (Å²) in [6, 6.07) is 10.3. The number of anilines is 2. The van der Waals surface area contributed by atoms with E-state index in [0.717, 1.165) is 35.4 Å². The number of phenols is 1. The third-order valence-electron chi connectivity index (χ3n) is 5.35. The van der Waals surface area contributed by atoms with Crippen LogP contribution < -0.4 is 15.0 Å². The average Bonchev–Trinajstić information content (AvgIpc) is 3.10. The van der Waals surface area contributed by atoms with Crippen molar-refractivity contribution in [3.63, 3.8) is 0 Å². The van der Waals surface area contributed by atoms with E-state index in [-0.39, 0.29) is 21.4 Å². The first-order valence-electron chi connectivity index (χ1n) is 11.0. The normalized spacial score (nSPS) is 17.3. The van der Waals surface area contributed by atoms with Gasteiger partial charge in [0, 0.05) is 24.5 Å². The van der Waals surface area contributed by atoms with Gasteiger partial charge in [0.15, 0.2) is 11.5 Å². The van der Waals surface area contributed by atoms with Crippen molar-refractivity contribution in [1.29, 1.82) is 0 Å². The summed E-state index contributed by atoms with van der Waals surface area (Å²) < 4.78 is 10.7. The fourth-order valence-corrected chi connectivity index (χ4v) is 4.71. The van der Waals surface area contributed by atoms with Crippen molar-refractivity contribution in [2.75, 3.05) is 49.7 Å². The number of thioether (sulfide) groups is 1. The fourth-order valence-electron chi connectivity index (χ4n) is 3.65. The maximum absolute atomic E-state index is 12.8. The van der Waals surface area contributed by atoms with E-state index in [1.165, 1.54) is 18.2 Å². The van der Waals surface area contributed by atoms with Crippen LogP contribution in [0.2, 0.25) is 5.02 Å². The zero-order chi connectivity index (χ0) is 24.9. The Kier molecular flexibility index (Phi) is 7.84. The summed E-state index contributed by atoms with van der Waals surface area (Å²) in [5, 5.41) is 12.2. The number of ether oxygens (including phenoxy) is 2. The number of amides is 3. The molecule has 2 aromatic carbocycles. The first-order valence-corrected chi connectivity index (χ1v) is 12.2. The third-order valence-corrected chi connectivity index (χ3v) is 6.55. The van der Waals surface area contributed by atoms with Crippen LogP contribution in [0, 0.1) is 0 Å². The molecule has 0 aliphatic carbocycles. The van der Waals surface area contributed by atoms with Crippen molar-refractivity contribution in [3.8, 4) is 11.5 Å². The van der Waals surface area contributed by atoms with E-state index in [1.807, 2.05) is 12.1 Å². The molecule has 2 N–H and O–H groups in total. The van der Waals surface area contributed by atoms with Crippen molar-refractivity contribution in [2.45, 2.75) is 6.92 Å². The molecule has 0 radical (unpaired) electrons. The average molecular weight is 518 g/mol. The van der Waals surface area contributed by atoms with Crippen molar-refractivity contribution >= 4 is 57.9 Å². The number of phenolic OH excluding ortho intramolecular Hbond substituents is 1. The van der Waals surface area contributed by atoms with E-state index < -0.39 is 23.6 Å². The molecular weight excluding hydrogens is 494 g/mol. The van der Waals surface area contributed by atoms with Crippen LogP contribution in [0.3, 0.4) is 0 Å². The van der Waals surface area contributed by atoms with E-state index >= 15 is 0 Å². The van der Waals surface area contributed by atoms with Crippen LogP contribution in [-0.2, 0) is 14.3 Å². The van der Waals surface area contributed by atoms with Gasteiger partial charge in [0.2, 0.25) is 5.91 Å². The molecular formula is C24H24ClN3O6S. The monoisotopic (exact) mass is 517 g/mol. The first-order chi connectivity index (χ1) is 16.9. The topological polar surface area (TPSA) is 108 Å². The predicted octanol–water partition coefficient (Wildman–Crippen LogP) is 3.96. The molecule has 3 amide bonds. The number of hydrogen-bond donors (Lipinski definition) is 2. The maximum atomic E-state index is 12.8. The molecule has 0 bridgehead atoms. The molecule has 0 saturated carbocycles. The van der Waals surface area contributed by atoms with Crippen molar-refractivity contribution in [3.05, 3.63) is 51.9 Å². The molecule has 184 valence electrons. The highest BCUT2D eigenvalue weighted by molar-refractivity contribution is 8.18. The summed E-state index contributed by atoms with van der Waals surface area (Å²) in [6.45, 7) is 4.64. The van der Waals surface area contributed by atoms with E-state index in [9.17, 15) is 19.5 Å². The van der Waals surface area contributed by atoms with Crippen molar-refractivity contribution in [1.82, 2.24) is 4.90 Å². The second-order valence-corrected chi connectivity index (χ2v) is 9.15. The lowest BCUT2D eigenvalue weighted by Crippen LogP contribution is -2.36. The minimum atomic E-state index is -0.583. The molecule has 0 aromatic heterocycles. The van der Waals surface area contributed by atoms with Gasteiger partial charge in [-0.25, -0.2) is 0 Å². The van der Waals surface area contributed by atoms with Gasteiger partial charge in [-0.05, 0) is 66.7 Å². The Bertz CT molecular complexity index is 1160. The molecule has 35 heavy (non-hydrogen) atoms. The van der Waals surface area contributed by atoms with Gasteiger partial charge in [-0.3, -0.25) is 19.3 Å². The lowest BCUT2D eigenvalue weighted by Gasteiger charge is -2.28. The lowest BCUT2D eigenvalue weighted by atomic mass is 10.2. The first kappa shape index (κ1) is 24.9. The number of imide groups is 1. The highest BCUT2D eigenvalue weighted by atomic mass is 35.5. The van der Waals surface area contributed by atoms with Crippen molar-refractivity contribution < 1.29 is 29.0 Å². The number of carbonyl (C=O) groups is 3. The van der Waals surface area contributed by atoms with Gasteiger partial charge < -0.3 is 24.8 Å². The van der Waals surface area contributed by atoms with E-state index in [1.54, 1.807) is 19.1 Å². The molecule has 0 unspecified atom stereocenters. The maximum Gasteiger partial charge on any atom is 0.294 e. The van der Waals surface area contributed by atoms with Crippen LogP contribution in [0.15, 0.2) is 41.3 Å². The quantitative estimate of drug-likeness (QED) is 0.531. The molecule has 2 aliphatic heterocycles. The molecule has 11 heteroatoms. The number of nitrogens with zero attached hydrogens (tertiary/aromatic N) is 2. The molecule has 2 fully saturated rings. The standard InChI is InChI=1S/C24H24ClN3O6S/c1-2-34-19-12-15(11-18(25)22(19)30)13-20-23(31)28(24(32)35-20)14-21(29)26-16-3-5-17(6-4-16)27-7-9-33-10-8-27/h3-6,11-13,30H,2,7-10,14H2,1H3,(H,26,29)/b20-13-. The number of nitrogens with one attached hydrogen (secondary N) is 1. The Morgan fingerprint density at radius 3 is 2.63 bits per heavy atom. The minimum absolute atomic E-state index is 0.0560. The lowest BCUT2D eigenvalue weighted by molar-refractivity contribution is -0.127. The Balaban J connectivity index is 1.40. The molecule has 2 aromatic rings. The van der Waals surface area contributed by atoms with Gasteiger partial charge in [0.1, 0.15) is 6.54 Å². The summed E-state index contributed by atoms with van der Waals surface area (Å²) in [5.74, 6) is -1.10. The van der Waals surface area contributed by atoms with Gasteiger partial charge in [-0.15, -0.1) is 0 Å². The largest absolute Gasteiger partial charge is 0.503 e. The van der Waals surface area contributed by atoms with E-state index in [2.05, 4.69) is 10.2 Å². The predicted molar refractivity (Wildman–Crippen MR) is 135 cm³/mol. The van der Waals surface area contributed by atoms with E-state index in [4.69, 9.17) is 21.1 Å². The van der Waals surface area contributed by atoms with E-state index in [0.29, 0.717) is 31.1 Å². The van der Waals surface area contributed by atoms with Crippen LogP contribution in [0.25, 0.3) is 6.08 Å². The summed E-state index contributed by atoms with van der Waals surface area (Å²) in [7, 11) is 0. The second kappa shape index (κ2) is 11.0. The number of carbonyl (C=O) groups excluding carboxylic acids is 3. The molecule has 0 atom stereocenters. The Morgan fingerprint density at radius 1 is 1.23 bits per heavy atom. The fraction of sp³-hybridized carbons (Fsp3) is 0.292. The third kappa shape index (κ3) is 5.90. The van der Waals surface area contributed by atoms with Crippen LogP contribution in [0.4, 0.5) is 16.2 Å². The summed E-state index contributed by atoms with van der Waals surface area (Å²) >= 11 is 6.77. The van der Waals surface area contributed by atoms with Gasteiger partial charge >= 0.3 is 0 Å². The van der Waals surface area contributed by atoms with Crippen LogP contribution in [-0.4, -0.2) is 66.5 Å². The van der Waals surface area contributed by atoms with Gasteiger partial charge in [0.25, 0.3) is 11.1 Å². The number of rotatable bonds is 7. The van der Waals surface area contributed by atoms with Gasteiger partial charge in [0.05, 0.1) is 29.7 Å². The molecule has 0 spiro atoms. The Labute approximate surface area is 211 Å². The van der Waals surface area contributed by atoms with Gasteiger partial charge in [-0.2, -0.15) is 0 Å². The zero-order valence-electron chi connectivity index (χ0n) is 19.0. The minimum Gasteiger partial charge on any atom is -0.503 e. The second-order valence-electron chi connectivity index (χ2n) is 7.74. The SMILES string of the molecule is CCOc1cc(/C=C2\SC(=O)N(CC(=O)Nc3ccc(N4CCOCC4)cc3)C2=O)cc(Cl)c1O. The highest BCUT2D eigenvalue weighted by Gasteiger charge is 2.36.